The highest BCUT2D eigenvalue weighted by atomic mass is 19.3. The molecule has 0 aliphatic carbocycles. The molecule has 0 amide bonds. The second-order valence-corrected chi connectivity index (χ2v) is 4.50. The topological polar surface area (TPSA) is 93.3 Å². The zero-order valence-corrected chi connectivity index (χ0v) is 10.2. The minimum atomic E-state index is -2.75. The van der Waals surface area contributed by atoms with Crippen LogP contribution in [0.2, 0.25) is 0 Å². The van der Waals surface area contributed by atoms with Crippen LogP contribution in [0.1, 0.15) is 24.8 Å². The summed E-state index contributed by atoms with van der Waals surface area (Å²) in [6.45, 7) is -0.318. The fourth-order valence-corrected chi connectivity index (χ4v) is 2.29. The average molecular weight is 286 g/mol. The minimum absolute atomic E-state index is 0.00744. The summed E-state index contributed by atoms with van der Waals surface area (Å²) in [4.78, 5) is 11.4. The van der Waals surface area contributed by atoms with Crippen molar-refractivity contribution in [3.8, 4) is 0 Å². The van der Waals surface area contributed by atoms with Crippen molar-refractivity contribution >= 4 is 11.2 Å². The van der Waals surface area contributed by atoms with Gasteiger partial charge in [-0.15, -0.1) is 0 Å². The number of halogens is 2. The second-order valence-electron chi connectivity index (χ2n) is 4.50. The maximum atomic E-state index is 12.8. The third-order valence-electron chi connectivity index (χ3n) is 3.29. The summed E-state index contributed by atoms with van der Waals surface area (Å²) in [6, 6.07) is 0. The molecule has 2 aromatic rings. The van der Waals surface area contributed by atoms with Crippen molar-refractivity contribution in [2.75, 3.05) is 6.61 Å². The van der Waals surface area contributed by atoms with Gasteiger partial charge in [0, 0.05) is 6.42 Å². The van der Waals surface area contributed by atoms with Crippen molar-refractivity contribution in [1.82, 2.24) is 19.5 Å². The normalized spacial score (nSPS) is 26.8. The lowest BCUT2D eigenvalue weighted by molar-refractivity contribution is -0.0432. The van der Waals surface area contributed by atoms with Crippen LogP contribution >= 0.6 is 0 Å². The number of hydrogen-bond acceptors (Lipinski definition) is 6. The van der Waals surface area contributed by atoms with E-state index in [0.717, 1.165) is 6.33 Å². The van der Waals surface area contributed by atoms with Crippen LogP contribution in [0.5, 0.6) is 0 Å². The van der Waals surface area contributed by atoms with Gasteiger partial charge in [-0.25, -0.2) is 23.7 Å². The van der Waals surface area contributed by atoms with Crippen molar-refractivity contribution < 1.29 is 23.7 Å². The first kappa shape index (κ1) is 13.3. The number of aliphatic hydroxyl groups is 2. The number of rotatable bonds is 3. The smallest absolute Gasteiger partial charge is 0.282 e. The molecule has 2 N–H and O–H groups in total. The summed E-state index contributed by atoms with van der Waals surface area (Å²) in [5.74, 6) is 0. The Bertz CT molecular complexity index is 621. The Labute approximate surface area is 111 Å². The van der Waals surface area contributed by atoms with E-state index >= 15 is 0 Å². The number of imidazole rings is 1. The molecule has 0 radical (unpaired) electrons. The highest BCUT2D eigenvalue weighted by Gasteiger charge is 2.35. The molecule has 0 spiro atoms. The molecule has 108 valence electrons. The molecule has 1 aliphatic rings. The Hall–Kier alpha value is -1.71. The molecule has 9 heteroatoms. The van der Waals surface area contributed by atoms with Gasteiger partial charge in [0.25, 0.3) is 6.43 Å². The lowest BCUT2D eigenvalue weighted by Crippen LogP contribution is -2.24. The monoisotopic (exact) mass is 286 g/mol. The largest absolute Gasteiger partial charge is 0.394 e. The van der Waals surface area contributed by atoms with Gasteiger partial charge in [-0.1, -0.05) is 0 Å². The standard InChI is InChI=1S/C11H12F2N4O3/c12-10(13)8-9-11(15-3-14-8)17(4-16-9)7-1-5(19)6(2-18)20-7/h3-7,10,18-19H,1-2H2/t5-,6+,7+/m0/s1. The highest BCUT2D eigenvalue weighted by molar-refractivity contribution is 5.73. The molecule has 0 unspecified atom stereocenters. The average Bonchev–Trinajstić information content (AvgIpc) is 3.01. The van der Waals surface area contributed by atoms with Crippen LogP contribution < -0.4 is 0 Å². The van der Waals surface area contributed by atoms with E-state index in [9.17, 15) is 13.9 Å². The molecular formula is C11H12F2N4O3. The van der Waals surface area contributed by atoms with Crippen molar-refractivity contribution in [1.29, 1.82) is 0 Å². The molecular weight excluding hydrogens is 274 g/mol. The van der Waals surface area contributed by atoms with Crippen LogP contribution in [0.25, 0.3) is 11.2 Å². The predicted molar refractivity (Wildman–Crippen MR) is 61.9 cm³/mol. The highest BCUT2D eigenvalue weighted by Crippen LogP contribution is 2.32. The molecule has 0 aromatic carbocycles. The van der Waals surface area contributed by atoms with Gasteiger partial charge in [0.2, 0.25) is 0 Å². The van der Waals surface area contributed by atoms with Gasteiger partial charge < -0.3 is 14.9 Å². The molecule has 2 aromatic heterocycles. The Morgan fingerprint density at radius 3 is 2.85 bits per heavy atom. The summed E-state index contributed by atoms with van der Waals surface area (Å²) in [7, 11) is 0. The number of aliphatic hydroxyl groups excluding tert-OH is 2. The molecule has 1 saturated heterocycles. The van der Waals surface area contributed by atoms with E-state index in [1.54, 1.807) is 0 Å². The van der Waals surface area contributed by atoms with Crippen molar-refractivity contribution in [3.63, 3.8) is 0 Å². The molecule has 1 fully saturated rings. The van der Waals surface area contributed by atoms with E-state index in [1.807, 2.05) is 0 Å². The second kappa shape index (κ2) is 5.00. The SMILES string of the molecule is OC[C@H]1O[C@@H](n2cnc3c(C(F)F)ncnc32)C[C@@H]1O. The molecule has 7 nitrogen and oxygen atoms in total. The fourth-order valence-electron chi connectivity index (χ4n) is 2.29. The van der Waals surface area contributed by atoms with Gasteiger partial charge in [0.15, 0.2) is 5.65 Å². The molecule has 20 heavy (non-hydrogen) atoms. The van der Waals surface area contributed by atoms with Crippen LogP contribution in [-0.2, 0) is 4.74 Å². The van der Waals surface area contributed by atoms with Crippen LogP contribution in [0, 0.1) is 0 Å². The summed E-state index contributed by atoms with van der Waals surface area (Å²) < 4.78 is 32.5. The van der Waals surface area contributed by atoms with Crippen molar-refractivity contribution in [2.45, 2.75) is 31.3 Å². The van der Waals surface area contributed by atoms with Gasteiger partial charge in [-0.2, -0.15) is 0 Å². The van der Waals surface area contributed by atoms with E-state index < -0.39 is 30.6 Å². The quantitative estimate of drug-likeness (QED) is 0.848. The van der Waals surface area contributed by atoms with Crippen LogP contribution in [0.3, 0.4) is 0 Å². The lowest BCUT2D eigenvalue weighted by Gasteiger charge is -2.13. The fraction of sp³-hybridized carbons (Fsp3) is 0.545. The Balaban J connectivity index is 2.00. The van der Waals surface area contributed by atoms with E-state index in [0.29, 0.717) is 0 Å². The first-order valence-electron chi connectivity index (χ1n) is 6.01. The first-order chi connectivity index (χ1) is 9.61. The number of nitrogens with zero attached hydrogens (tertiary/aromatic N) is 4. The van der Waals surface area contributed by atoms with Crippen LogP contribution in [-0.4, -0.2) is 48.5 Å². The molecule has 3 rings (SSSR count). The molecule has 1 aliphatic heterocycles. The van der Waals surface area contributed by atoms with Gasteiger partial charge in [0.05, 0.1) is 19.0 Å². The third kappa shape index (κ3) is 2.03. The van der Waals surface area contributed by atoms with Crippen molar-refractivity contribution in [2.24, 2.45) is 0 Å². The maximum Gasteiger partial charge on any atom is 0.282 e. The first-order valence-corrected chi connectivity index (χ1v) is 6.01. The van der Waals surface area contributed by atoms with Gasteiger partial charge in [-0.05, 0) is 0 Å². The van der Waals surface area contributed by atoms with Crippen molar-refractivity contribution in [3.05, 3.63) is 18.3 Å². The van der Waals surface area contributed by atoms with E-state index in [4.69, 9.17) is 9.84 Å². The third-order valence-corrected chi connectivity index (χ3v) is 3.29. The number of alkyl halides is 2. The zero-order valence-electron chi connectivity index (χ0n) is 10.2. The van der Waals surface area contributed by atoms with Gasteiger partial charge in [0.1, 0.15) is 29.9 Å². The van der Waals surface area contributed by atoms with E-state index in [-0.39, 0.29) is 24.2 Å². The van der Waals surface area contributed by atoms with Crippen LogP contribution in [0.4, 0.5) is 8.78 Å². The summed E-state index contributed by atoms with van der Waals surface area (Å²) >= 11 is 0. The van der Waals surface area contributed by atoms with Crippen LogP contribution in [0.15, 0.2) is 12.7 Å². The Morgan fingerprint density at radius 2 is 2.20 bits per heavy atom. The molecule has 3 heterocycles. The Morgan fingerprint density at radius 1 is 1.40 bits per heavy atom. The zero-order chi connectivity index (χ0) is 14.3. The molecule has 0 bridgehead atoms. The minimum Gasteiger partial charge on any atom is -0.394 e. The summed E-state index contributed by atoms with van der Waals surface area (Å²) in [5.41, 5.74) is -0.217. The summed E-state index contributed by atoms with van der Waals surface area (Å²) in [5, 5.41) is 18.7. The maximum absolute atomic E-state index is 12.8. The van der Waals surface area contributed by atoms with Gasteiger partial charge in [-0.3, -0.25) is 4.57 Å². The molecule has 3 atom stereocenters. The van der Waals surface area contributed by atoms with Gasteiger partial charge >= 0.3 is 0 Å². The number of hydrogen-bond donors (Lipinski definition) is 2. The number of fused-ring (bicyclic) bond motifs is 1. The molecule has 0 saturated carbocycles. The number of ether oxygens (including phenoxy) is 1. The lowest BCUT2D eigenvalue weighted by atomic mass is 10.2. The predicted octanol–water partition coefficient (Wildman–Crippen LogP) is 0.405. The van der Waals surface area contributed by atoms with E-state index in [1.165, 1.54) is 10.9 Å². The number of aromatic nitrogens is 4. The summed E-state index contributed by atoms with van der Waals surface area (Å²) in [6.07, 6.45) is -2.28. The van der Waals surface area contributed by atoms with E-state index in [2.05, 4.69) is 15.0 Å². The Kier molecular flexibility index (Phi) is 3.32.